The van der Waals surface area contributed by atoms with Gasteiger partial charge in [0, 0.05) is 16.6 Å². The van der Waals surface area contributed by atoms with E-state index in [1.165, 1.54) is 0 Å². The lowest BCUT2D eigenvalue weighted by Gasteiger charge is -2.29. The Kier molecular flexibility index (Phi) is 4.02. The average Bonchev–Trinajstić information content (AvgIpc) is 2.35. The second kappa shape index (κ2) is 5.34. The van der Waals surface area contributed by atoms with E-state index in [1.54, 1.807) is 19.1 Å². The van der Waals surface area contributed by atoms with E-state index in [9.17, 15) is 4.39 Å². The molecule has 0 saturated carbocycles. The van der Waals surface area contributed by atoms with Gasteiger partial charge in [-0.15, -0.1) is 0 Å². The van der Waals surface area contributed by atoms with Crippen molar-refractivity contribution in [3.8, 4) is 0 Å². The van der Waals surface area contributed by atoms with Crippen LogP contribution in [0.4, 0.5) is 4.39 Å². The fraction of sp³-hybridized carbons (Fsp3) is 0.538. The maximum Gasteiger partial charge on any atom is 0.132 e. The zero-order valence-electron chi connectivity index (χ0n) is 9.97. The van der Waals surface area contributed by atoms with Crippen LogP contribution in [0.3, 0.4) is 0 Å². The van der Waals surface area contributed by atoms with Gasteiger partial charge in [0.15, 0.2) is 0 Å². The molecule has 1 saturated heterocycles. The highest BCUT2D eigenvalue weighted by Crippen LogP contribution is 2.33. The van der Waals surface area contributed by atoms with Crippen molar-refractivity contribution >= 4 is 11.6 Å². The highest BCUT2D eigenvalue weighted by atomic mass is 35.5. The predicted octanol–water partition coefficient (Wildman–Crippen LogP) is 2.79. The van der Waals surface area contributed by atoms with Crippen molar-refractivity contribution in [2.75, 3.05) is 13.1 Å². The van der Waals surface area contributed by atoms with Gasteiger partial charge in [-0.05, 0) is 50.4 Å². The smallest absolute Gasteiger partial charge is 0.132 e. The van der Waals surface area contributed by atoms with Crippen LogP contribution in [0, 0.1) is 18.7 Å². The molecule has 1 atom stereocenters. The van der Waals surface area contributed by atoms with Crippen molar-refractivity contribution in [3.05, 3.63) is 34.1 Å². The van der Waals surface area contributed by atoms with Gasteiger partial charge in [0.2, 0.25) is 0 Å². The number of nitrogens with two attached hydrogens (primary N) is 1. The van der Waals surface area contributed by atoms with Crippen LogP contribution < -0.4 is 11.1 Å². The largest absolute Gasteiger partial charge is 0.324 e. The molecule has 1 aliphatic rings. The van der Waals surface area contributed by atoms with Gasteiger partial charge in [-0.3, -0.25) is 0 Å². The molecule has 0 amide bonds. The third kappa shape index (κ3) is 2.62. The van der Waals surface area contributed by atoms with Gasteiger partial charge in [0.25, 0.3) is 0 Å². The van der Waals surface area contributed by atoms with Crippen molar-refractivity contribution in [2.45, 2.75) is 25.8 Å². The molecule has 1 aliphatic heterocycles. The highest BCUT2D eigenvalue weighted by Gasteiger charge is 2.26. The Morgan fingerprint density at radius 2 is 2.06 bits per heavy atom. The maximum atomic E-state index is 14.1. The Morgan fingerprint density at radius 3 is 2.71 bits per heavy atom. The zero-order valence-corrected chi connectivity index (χ0v) is 10.7. The molecule has 1 aromatic rings. The second-order valence-corrected chi connectivity index (χ2v) is 5.11. The topological polar surface area (TPSA) is 38.0 Å². The van der Waals surface area contributed by atoms with Crippen LogP contribution in [0.15, 0.2) is 12.1 Å². The van der Waals surface area contributed by atoms with Crippen LogP contribution in [-0.4, -0.2) is 13.1 Å². The second-order valence-electron chi connectivity index (χ2n) is 4.71. The molecule has 1 fully saturated rings. The molecular weight excluding hydrogens is 239 g/mol. The molecule has 0 unspecified atom stereocenters. The molecule has 0 radical (unpaired) electrons. The van der Waals surface area contributed by atoms with Crippen LogP contribution in [0.1, 0.15) is 30.0 Å². The Morgan fingerprint density at radius 1 is 1.41 bits per heavy atom. The summed E-state index contributed by atoms with van der Waals surface area (Å²) in [4.78, 5) is 0. The maximum absolute atomic E-state index is 14.1. The first-order valence-electron chi connectivity index (χ1n) is 6.02. The number of benzene rings is 1. The molecule has 2 nitrogen and oxygen atoms in total. The monoisotopic (exact) mass is 256 g/mol. The quantitative estimate of drug-likeness (QED) is 0.854. The summed E-state index contributed by atoms with van der Waals surface area (Å²) in [6, 6.07) is 3.12. The minimum Gasteiger partial charge on any atom is -0.324 e. The van der Waals surface area contributed by atoms with Gasteiger partial charge in [-0.25, -0.2) is 4.39 Å². The fourth-order valence-corrected chi connectivity index (χ4v) is 2.69. The van der Waals surface area contributed by atoms with Crippen LogP contribution in [0.2, 0.25) is 5.02 Å². The van der Waals surface area contributed by atoms with Gasteiger partial charge in [0.05, 0.1) is 0 Å². The molecule has 0 aliphatic carbocycles. The van der Waals surface area contributed by atoms with Gasteiger partial charge in [0.1, 0.15) is 5.82 Å². The number of aryl methyl sites for hydroxylation is 1. The Labute approximate surface area is 106 Å². The summed E-state index contributed by atoms with van der Waals surface area (Å²) in [5.41, 5.74) is 7.28. The molecule has 4 heteroatoms. The highest BCUT2D eigenvalue weighted by molar-refractivity contribution is 6.31. The van der Waals surface area contributed by atoms with Crippen LogP contribution in [0.25, 0.3) is 0 Å². The molecule has 1 aromatic carbocycles. The fourth-order valence-electron chi connectivity index (χ4n) is 2.42. The van der Waals surface area contributed by atoms with Crippen molar-refractivity contribution in [2.24, 2.45) is 11.7 Å². The van der Waals surface area contributed by atoms with Gasteiger partial charge < -0.3 is 11.1 Å². The van der Waals surface area contributed by atoms with Crippen LogP contribution in [0.5, 0.6) is 0 Å². The lowest BCUT2D eigenvalue weighted by Crippen LogP contribution is -2.34. The summed E-state index contributed by atoms with van der Waals surface area (Å²) in [6.07, 6.45) is 1.95. The zero-order chi connectivity index (χ0) is 12.4. The summed E-state index contributed by atoms with van der Waals surface area (Å²) in [5.74, 6) is 0.0635. The first-order valence-corrected chi connectivity index (χ1v) is 6.40. The van der Waals surface area contributed by atoms with E-state index in [0.29, 0.717) is 22.1 Å². The number of hydrogen-bond acceptors (Lipinski definition) is 2. The molecule has 1 heterocycles. The predicted molar refractivity (Wildman–Crippen MR) is 68.7 cm³/mol. The lowest BCUT2D eigenvalue weighted by atomic mass is 9.86. The Bertz CT molecular complexity index is 403. The van der Waals surface area contributed by atoms with Crippen molar-refractivity contribution in [3.63, 3.8) is 0 Å². The van der Waals surface area contributed by atoms with E-state index in [1.807, 2.05) is 0 Å². The molecule has 3 N–H and O–H groups in total. The van der Waals surface area contributed by atoms with E-state index in [-0.39, 0.29) is 11.9 Å². The van der Waals surface area contributed by atoms with E-state index >= 15 is 0 Å². The van der Waals surface area contributed by atoms with Gasteiger partial charge in [-0.1, -0.05) is 17.7 Å². The third-order valence-electron chi connectivity index (χ3n) is 3.54. The minimum atomic E-state index is -0.301. The van der Waals surface area contributed by atoms with E-state index in [4.69, 9.17) is 17.3 Å². The van der Waals surface area contributed by atoms with Crippen molar-refractivity contribution in [1.82, 2.24) is 5.32 Å². The normalized spacial score (nSPS) is 19.3. The standard InChI is InChI=1S/C13H18ClFN2/c1-8-2-3-10(14)11(12(8)15)13(16)9-4-6-17-7-5-9/h2-3,9,13,17H,4-7,16H2,1H3/t13-/m1/s1. The summed E-state index contributed by atoms with van der Waals surface area (Å²) in [5, 5.41) is 3.72. The molecule has 17 heavy (non-hydrogen) atoms. The summed E-state index contributed by atoms with van der Waals surface area (Å²) >= 11 is 6.08. The van der Waals surface area contributed by atoms with Crippen LogP contribution in [-0.2, 0) is 0 Å². The van der Waals surface area contributed by atoms with Crippen LogP contribution >= 0.6 is 11.6 Å². The third-order valence-corrected chi connectivity index (χ3v) is 3.87. The molecule has 2 rings (SSSR count). The molecular formula is C13H18ClFN2. The van der Waals surface area contributed by atoms with Crippen molar-refractivity contribution in [1.29, 1.82) is 0 Å². The number of piperidine rings is 1. The summed E-state index contributed by atoms with van der Waals surface area (Å²) in [6.45, 7) is 3.64. The average molecular weight is 257 g/mol. The van der Waals surface area contributed by atoms with Gasteiger partial charge in [-0.2, -0.15) is 0 Å². The first kappa shape index (κ1) is 12.8. The first-order chi connectivity index (χ1) is 8.11. The molecule has 0 spiro atoms. The molecule has 0 bridgehead atoms. The molecule has 94 valence electrons. The molecule has 0 aromatic heterocycles. The minimum absolute atomic E-state index is 0.247. The van der Waals surface area contributed by atoms with Crippen molar-refractivity contribution < 1.29 is 4.39 Å². The summed E-state index contributed by atoms with van der Waals surface area (Å²) in [7, 11) is 0. The Balaban J connectivity index is 2.29. The number of hydrogen-bond donors (Lipinski definition) is 2. The lowest BCUT2D eigenvalue weighted by molar-refractivity contribution is 0.317. The Hall–Kier alpha value is -0.640. The van der Waals surface area contributed by atoms with E-state index in [2.05, 4.69) is 5.32 Å². The number of rotatable bonds is 2. The summed E-state index contributed by atoms with van der Waals surface area (Å²) < 4.78 is 14.1. The van der Waals surface area contributed by atoms with E-state index in [0.717, 1.165) is 25.9 Å². The number of nitrogens with one attached hydrogen (secondary N) is 1. The number of halogens is 2. The van der Waals surface area contributed by atoms with Gasteiger partial charge >= 0.3 is 0 Å². The van der Waals surface area contributed by atoms with E-state index < -0.39 is 0 Å². The SMILES string of the molecule is Cc1ccc(Cl)c([C@H](N)C2CCNCC2)c1F.